The normalized spacial score (nSPS) is 19.9. The van der Waals surface area contributed by atoms with Gasteiger partial charge in [-0.2, -0.15) is 0 Å². The summed E-state index contributed by atoms with van der Waals surface area (Å²) in [6.07, 6.45) is 1.07. The van der Waals surface area contributed by atoms with Crippen LogP contribution in [0.2, 0.25) is 0 Å². The van der Waals surface area contributed by atoms with Crippen LogP contribution in [-0.4, -0.2) is 55.9 Å². The van der Waals surface area contributed by atoms with Crippen molar-refractivity contribution in [2.45, 2.75) is 19.8 Å². The number of hydrogen-bond acceptors (Lipinski definition) is 4. The molecule has 132 valence electrons. The lowest BCUT2D eigenvalue weighted by Gasteiger charge is -2.20. The summed E-state index contributed by atoms with van der Waals surface area (Å²) >= 11 is 0. The zero-order valence-corrected chi connectivity index (χ0v) is 14.3. The second kappa shape index (κ2) is 7.42. The summed E-state index contributed by atoms with van der Waals surface area (Å²) in [5.41, 5.74) is 0.0850. The van der Waals surface area contributed by atoms with Crippen molar-refractivity contribution >= 4 is 12.0 Å². The average Bonchev–Trinajstić information content (AvgIpc) is 2.98. The zero-order chi connectivity index (χ0) is 17.7. The molecule has 0 aromatic heterocycles. The number of carbonyl (C=O) groups is 2. The van der Waals surface area contributed by atoms with E-state index in [1.54, 1.807) is 26.0 Å². The minimum absolute atomic E-state index is 0.233. The molecule has 24 heavy (non-hydrogen) atoms. The summed E-state index contributed by atoms with van der Waals surface area (Å²) < 4.78 is 10.5. The number of rotatable bonds is 6. The smallest absolute Gasteiger partial charge is 0.317 e. The molecular formula is C17H24N2O5. The SMILES string of the molecule is COc1ccc(OC)c(CCNC(=O)N2CCC(C)(C(=O)O)C2)c1. The fourth-order valence-electron chi connectivity index (χ4n) is 2.80. The molecule has 7 nitrogen and oxygen atoms in total. The van der Waals surface area contributed by atoms with Crippen molar-refractivity contribution in [1.29, 1.82) is 0 Å². The summed E-state index contributed by atoms with van der Waals surface area (Å²) in [6.45, 7) is 2.79. The minimum Gasteiger partial charge on any atom is -0.497 e. The van der Waals surface area contributed by atoms with Crippen LogP contribution in [0.25, 0.3) is 0 Å². The number of aliphatic carboxylic acids is 1. The Kier molecular flexibility index (Phi) is 5.54. The fraction of sp³-hybridized carbons (Fsp3) is 0.529. The van der Waals surface area contributed by atoms with Crippen LogP contribution >= 0.6 is 0 Å². The lowest BCUT2D eigenvalue weighted by molar-refractivity contribution is -0.146. The van der Waals surface area contributed by atoms with Crippen molar-refractivity contribution < 1.29 is 24.2 Å². The minimum atomic E-state index is -0.862. The van der Waals surface area contributed by atoms with E-state index < -0.39 is 11.4 Å². The molecule has 1 aliphatic rings. The molecule has 7 heteroatoms. The van der Waals surface area contributed by atoms with Gasteiger partial charge < -0.3 is 24.8 Å². The Morgan fingerprint density at radius 2 is 2.08 bits per heavy atom. The lowest BCUT2D eigenvalue weighted by Crippen LogP contribution is -2.41. The maximum Gasteiger partial charge on any atom is 0.317 e. The summed E-state index contributed by atoms with van der Waals surface area (Å²) in [5.74, 6) is 0.609. The van der Waals surface area contributed by atoms with E-state index in [2.05, 4.69) is 5.32 Å². The molecule has 0 aliphatic carbocycles. The number of carbonyl (C=O) groups excluding carboxylic acids is 1. The molecule has 1 aliphatic heterocycles. The second-order valence-corrected chi connectivity index (χ2v) is 6.20. The first-order valence-corrected chi connectivity index (χ1v) is 7.86. The van der Waals surface area contributed by atoms with Crippen LogP contribution in [0.1, 0.15) is 18.9 Å². The number of amides is 2. The first-order chi connectivity index (χ1) is 11.4. The zero-order valence-electron chi connectivity index (χ0n) is 14.3. The number of ether oxygens (including phenoxy) is 2. The first kappa shape index (κ1) is 17.9. The van der Waals surface area contributed by atoms with Gasteiger partial charge in [-0.15, -0.1) is 0 Å². The quantitative estimate of drug-likeness (QED) is 0.826. The molecule has 1 aromatic rings. The maximum atomic E-state index is 12.2. The number of likely N-dealkylation sites (tertiary alicyclic amines) is 1. The van der Waals surface area contributed by atoms with Crippen molar-refractivity contribution in [3.05, 3.63) is 23.8 Å². The molecule has 2 amide bonds. The van der Waals surface area contributed by atoms with Crippen molar-refractivity contribution in [3.8, 4) is 11.5 Å². The number of nitrogens with one attached hydrogen (secondary N) is 1. The van der Waals surface area contributed by atoms with Crippen LogP contribution in [-0.2, 0) is 11.2 Å². The Bertz CT molecular complexity index is 619. The largest absolute Gasteiger partial charge is 0.497 e. The predicted octanol–water partition coefficient (Wildman–Crippen LogP) is 1.75. The van der Waals surface area contributed by atoms with Gasteiger partial charge in [0.05, 0.1) is 19.6 Å². The molecular weight excluding hydrogens is 312 g/mol. The van der Waals surface area contributed by atoms with E-state index in [1.165, 1.54) is 0 Å². The van der Waals surface area contributed by atoms with Crippen LogP contribution in [0.5, 0.6) is 11.5 Å². The number of carboxylic acid groups (broad SMARTS) is 1. The van der Waals surface area contributed by atoms with Crippen LogP contribution in [0.3, 0.4) is 0 Å². The van der Waals surface area contributed by atoms with Crippen molar-refractivity contribution in [1.82, 2.24) is 10.2 Å². The second-order valence-electron chi connectivity index (χ2n) is 6.20. The van der Waals surface area contributed by atoms with Gasteiger partial charge in [0.1, 0.15) is 11.5 Å². The highest BCUT2D eigenvalue weighted by Gasteiger charge is 2.42. The molecule has 1 fully saturated rings. The molecule has 1 aromatic carbocycles. The highest BCUT2D eigenvalue weighted by molar-refractivity contribution is 5.79. The summed E-state index contributed by atoms with van der Waals surface area (Å²) in [7, 11) is 3.20. The topological polar surface area (TPSA) is 88.1 Å². The highest BCUT2D eigenvalue weighted by Crippen LogP contribution is 2.30. The Labute approximate surface area is 141 Å². The summed E-state index contributed by atoms with van der Waals surface area (Å²) in [5, 5.41) is 12.1. The van der Waals surface area contributed by atoms with E-state index >= 15 is 0 Å². The number of hydrogen-bond donors (Lipinski definition) is 2. The van der Waals surface area contributed by atoms with Gasteiger partial charge in [0.15, 0.2) is 0 Å². The van der Waals surface area contributed by atoms with E-state index in [1.807, 2.05) is 18.2 Å². The molecule has 0 saturated carbocycles. The van der Waals surface area contributed by atoms with Crippen LogP contribution < -0.4 is 14.8 Å². The van der Waals surface area contributed by atoms with E-state index in [-0.39, 0.29) is 12.6 Å². The van der Waals surface area contributed by atoms with Gasteiger partial charge in [-0.25, -0.2) is 4.79 Å². The monoisotopic (exact) mass is 336 g/mol. The predicted molar refractivity (Wildman–Crippen MR) is 88.6 cm³/mol. The lowest BCUT2D eigenvalue weighted by atomic mass is 9.90. The van der Waals surface area contributed by atoms with Crippen molar-refractivity contribution in [2.75, 3.05) is 33.9 Å². The van der Waals surface area contributed by atoms with Crippen LogP contribution in [0.4, 0.5) is 4.79 Å². The Hall–Kier alpha value is -2.44. The first-order valence-electron chi connectivity index (χ1n) is 7.86. The third kappa shape index (κ3) is 3.90. The molecule has 0 spiro atoms. The maximum absolute atomic E-state index is 12.2. The molecule has 0 radical (unpaired) electrons. The number of benzene rings is 1. The molecule has 2 rings (SSSR count). The third-order valence-electron chi connectivity index (χ3n) is 4.43. The van der Waals surface area contributed by atoms with Gasteiger partial charge in [0, 0.05) is 19.6 Å². The van der Waals surface area contributed by atoms with Gasteiger partial charge in [-0.1, -0.05) is 0 Å². The molecule has 1 heterocycles. The number of methoxy groups -OCH3 is 2. The standard InChI is InChI=1S/C17H24N2O5/c1-17(15(20)21)7-9-19(11-17)16(22)18-8-6-12-10-13(23-2)4-5-14(12)24-3/h4-5,10H,6-9,11H2,1-3H3,(H,18,22)(H,20,21). The molecule has 1 saturated heterocycles. The van der Waals surface area contributed by atoms with Gasteiger partial charge in [0.25, 0.3) is 0 Å². The van der Waals surface area contributed by atoms with Gasteiger partial charge >= 0.3 is 12.0 Å². The average molecular weight is 336 g/mol. The van der Waals surface area contributed by atoms with Gasteiger partial charge in [-0.05, 0) is 43.5 Å². The Morgan fingerprint density at radius 3 is 2.67 bits per heavy atom. The van der Waals surface area contributed by atoms with Crippen molar-refractivity contribution in [3.63, 3.8) is 0 Å². The van der Waals surface area contributed by atoms with E-state index in [4.69, 9.17) is 9.47 Å². The Morgan fingerprint density at radius 1 is 1.33 bits per heavy atom. The summed E-state index contributed by atoms with van der Waals surface area (Å²) in [4.78, 5) is 25.0. The van der Waals surface area contributed by atoms with E-state index in [9.17, 15) is 14.7 Å². The number of urea groups is 1. The van der Waals surface area contributed by atoms with E-state index in [0.717, 1.165) is 17.1 Å². The molecule has 2 N–H and O–H groups in total. The number of nitrogens with zero attached hydrogens (tertiary/aromatic N) is 1. The molecule has 1 unspecified atom stereocenters. The molecule has 1 atom stereocenters. The number of carboxylic acids is 1. The fourth-order valence-corrected chi connectivity index (χ4v) is 2.80. The van der Waals surface area contributed by atoms with Gasteiger partial charge in [0.2, 0.25) is 0 Å². The van der Waals surface area contributed by atoms with Crippen molar-refractivity contribution in [2.24, 2.45) is 5.41 Å². The summed E-state index contributed by atoms with van der Waals surface area (Å²) in [6, 6.07) is 5.29. The molecule has 0 bridgehead atoms. The van der Waals surface area contributed by atoms with Crippen LogP contribution in [0.15, 0.2) is 18.2 Å². The van der Waals surface area contributed by atoms with Gasteiger partial charge in [-0.3, -0.25) is 4.79 Å². The van der Waals surface area contributed by atoms with E-state index in [0.29, 0.717) is 25.9 Å². The highest BCUT2D eigenvalue weighted by atomic mass is 16.5. The Balaban J connectivity index is 1.88. The van der Waals surface area contributed by atoms with Crippen LogP contribution in [0, 0.1) is 5.41 Å². The third-order valence-corrected chi connectivity index (χ3v) is 4.43.